The van der Waals surface area contributed by atoms with Crippen LogP contribution in [0.4, 0.5) is 23.7 Å². The quantitative estimate of drug-likeness (QED) is 0.774. The van der Waals surface area contributed by atoms with Crippen LogP contribution in [-0.2, 0) is 10.9 Å². The molecule has 2 saturated heterocycles. The minimum Gasteiger partial charge on any atom is -0.439 e. The number of rotatable bonds is 1. The standard InChI is InChI=1S/C18H18F3N3O2/c1-23-10-17(26-16(23)25)7-3-9-24(11-17)14-6-8-22-15-12(14)4-2-5-13(15)18(19,20)21/h2,4-6,8H,3,7,9-11H2,1H3/t17-/m1/s1. The lowest BCUT2D eigenvalue weighted by Gasteiger charge is -2.40. The second-order valence-corrected chi connectivity index (χ2v) is 6.96. The molecule has 0 aliphatic carbocycles. The highest BCUT2D eigenvalue weighted by Gasteiger charge is 2.46. The van der Waals surface area contributed by atoms with Crippen molar-refractivity contribution in [2.24, 2.45) is 0 Å². The van der Waals surface area contributed by atoms with Gasteiger partial charge in [-0.2, -0.15) is 13.2 Å². The van der Waals surface area contributed by atoms with Gasteiger partial charge < -0.3 is 14.5 Å². The number of alkyl halides is 3. The summed E-state index contributed by atoms with van der Waals surface area (Å²) in [5.41, 5.74) is -0.722. The van der Waals surface area contributed by atoms with Crippen molar-refractivity contribution in [1.82, 2.24) is 9.88 Å². The normalized spacial score (nSPS) is 23.8. The van der Waals surface area contributed by atoms with Gasteiger partial charge in [-0.25, -0.2) is 4.79 Å². The van der Waals surface area contributed by atoms with Gasteiger partial charge in [0.25, 0.3) is 0 Å². The van der Waals surface area contributed by atoms with Gasteiger partial charge in [0.05, 0.1) is 24.2 Å². The molecule has 26 heavy (non-hydrogen) atoms. The Balaban J connectivity index is 1.74. The average Bonchev–Trinajstić information content (AvgIpc) is 2.86. The summed E-state index contributed by atoms with van der Waals surface area (Å²) in [6.07, 6.45) is -1.87. The number of hydrogen-bond donors (Lipinski definition) is 0. The first-order valence-corrected chi connectivity index (χ1v) is 8.43. The second kappa shape index (κ2) is 5.75. The smallest absolute Gasteiger partial charge is 0.418 e. The lowest BCUT2D eigenvalue weighted by molar-refractivity contribution is -0.136. The van der Waals surface area contributed by atoms with Crippen molar-refractivity contribution in [2.45, 2.75) is 24.6 Å². The summed E-state index contributed by atoms with van der Waals surface area (Å²) in [5, 5.41) is 0.456. The van der Waals surface area contributed by atoms with E-state index in [-0.39, 0.29) is 11.6 Å². The molecular weight excluding hydrogens is 347 g/mol. The Bertz CT molecular complexity index is 870. The molecule has 0 unspecified atom stereocenters. The summed E-state index contributed by atoms with van der Waals surface area (Å²) in [7, 11) is 1.69. The minimum atomic E-state index is -4.46. The molecule has 1 aromatic carbocycles. The second-order valence-electron chi connectivity index (χ2n) is 6.96. The van der Waals surface area contributed by atoms with Gasteiger partial charge in [0.2, 0.25) is 0 Å². The zero-order chi connectivity index (χ0) is 18.5. The van der Waals surface area contributed by atoms with E-state index in [0.717, 1.165) is 18.9 Å². The monoisotopic (exact) mass is 365 g/mol. The summed E-state index contributed by atoms with van der Waals surface area (Å²) in [4.78, 5) is 19.3. The Kier molecular flexibility index (Phi) is 3.75. The molecule has 0 saturated carbocycles. The molecule has 4 rings (SSSR count). The summed E-state index contributed by atoms with van der Waals surface area (Å²) in [6.45, 7) is 1.63. The fraction of sp³-hybridized carbons (Fsp3) is 0.444. The molecule has 0 bridgehead atoms. The number of aromatic nitrogens is 1. The van der Waals surface area contributed by atoms with E-state index in [4.69, 9.17) is 4.74 Å². The van der Waals surface area contributed by atoms with Gasteiger partial charge in [0.15, 0.2) is 0 Å². The highest BCUT2D eigenvalue weighted by atomic mass is 19.4. The van der Waals surface area contributed by atoms with Crippen molar-refractivity contribution in [3.63, 3.8) is 0 Å². The van der Waals surface area contributed by atoms with Crippen molar-refractivity contribution in [3.05, 3.63) is 36.0 Å². The van der Waals surface area contributed by atoms with E-state index < -0.39 is 17.3 Å². The molecule has 2 aromatic rings. The van der Waals surface area contributed by atoms with Crippen LogP contribution < -0.4 is 4.90 Å². The van der Waals surface area contributed by atoms with E-state index in [2.05, 4.69) is 4.98 Å². The molecule has 138 valence electrons. The molecule has 8 heteroatoms. The topological polar surface area (TPSA) is 45.7 Å². The van der Waals surface area contributed by atoms with Gasteiger partial charge in [-0.3, -0.25) is 4.98 Å². The van der Waals surface area contributed by atoms with Crippen molar-refractivity contribution in [3.8, 4) is 0 Å². The Labute approximate surface area is 148 Å². The van der Waals surface area contributed by atoms with Gasteiger partial charge in [0, 0.05) is 30.9 Å². The van der Waals surface area contributed by atoms with Crippen molar-refractivity contribution >= 4 is 22.7 Å². The van der Waals surface area contributed by atoms with Crippen LogP contribution in [0.25, 0.3) is 10.9 Å². The van der Waals surface area contributed by atoms with Crippen LogP contribution in [0.15, 0.2) is 30.5 Å². The van der Waals surface area contributed by atoms with Crippen LogP contribution in [0.3, 0.4) is 0 Å². The van der Waals surface area contributed by atoms with Gasteiger partial charge in [-0.1, -0.05) is 12.1 Å². The van der Waals surface area contributed by atoms with E-state index in [1.165, 1.54) is 17.2 Å². The van der Waals surface area contributed by atoms with Crippen LogP contribution in [0.2, 0.25) is 0 Å². The maximum atomic E-state index is 13.3. The van der Waals surface area contributed by atoms with Gasteiger partial charge >= 0.3 is 12.3 Å². The zero-order valence-corrected chi connectivity index (χ0v) is 14.2. The van der Waals surface area contributed by atoms with Crippen LogP contribution >= 0.6 is 0 Å². The van der Waals surface area contributed by atoms with E-state index in [0.29, 0.717) is 30.7 Å². The molecule has 1 aromatic heterocycles. The number of carbonyl (C=O) groups excluding carboxylic acids is 1. The molecule has 5 nitrogen and oxygen atoms in total. The largest absolute Gasteiger partial charge is 0.439 e. The third kappa shape index (κ3) is 2.73. The van der Waals surface area contributed by atoms with Gasteiger partial charge in [-0.05, 0) is 25.0 Å². The van der Waals surface area contributed by atoms with E-state index in [9.17, 15) is 18.0 Å². The molecule has 1 amide bonds. The number of likely N-dealkylation sites (N-methyl/N-ethyl adjacent to an activating group) is 1. The van der Waals surface area contributed by atoms with Crippen molar-refractivity contribution < 1.29 is 22.7 Å². The molecule has 1 atom stereocenters. The Morgan fingerprint density at radius 1 is 1.23 bits per heavy atom. The Morgan fingerprint density at radius 2 is 2.04 bits per heavy atom. The van der Waals surface area contributed by atoms with Gasteiger partial charge in [-0.15, -0.1) is 0 Å². The van der Waals surface area contributed by atoms with Crippen molar-refractivity contribution in [1.29, 1.82) is 0 Å². The Hall–Kier alpha value is -2.51. The maximum absolute atomic E-state index is 13.3. The lowest BCUT2D eigenvalue weighted by Crippen LogP contribution is -2.50. The lowest BCUT2D eigenvalue weighted by atomic mass is 9.92. The molecular formula is C18H18F3N3O2. The number of amides is 1. The molecule has 2 aliphatic rings. The molecule has 2 aliphatic heterocycles. The van der Waals surface area contributed by atoms with Gasteiger partial charge in [0.1, 0.15) is 5.60 Å². The predicted molar refractivity (Wildman–Crippen MR) is 90.0 cm³/mol. The van der Waals surface area contributed by atoms with Crippen LogP contribution in [0.1, 0.15) is 18.4 Å². The van der Waals surface area contributed by atoms with E-state index >= 15 is 0 Å². The minimum absolute atomic E-state index is 0.0577. The summed E-state index contributed by atoms with van der Waals surface area (Å²) in [6, 6.07) is 5.83. The van der Waals surface area contributed by atoms with E-state index in [1.807, 2.05) is 4.90 Å². The number of halogens is 3. The first kappa shape index (κ1) is 16.9. The van der Waals surface area contributed by atoms with E-state index in [1.54, 1.807) is 19.2 Å². The molecule has 3 heterocycles. The highest BCUT2D eigenvalue weighted by Crippen LogP contribution is 2.39. The average molecular weight is 365 g/mol. The number of ether oxygens (including phenoxy) is 1. The van der Waals surface area contributed by atoms with Crippen LogP contribution in [-0.4, -0.2) is 48.3 Å². The number of hydrogen-bond acceptors (Lipinski definition) is 4. The summed E-state index contributed by atoms with van der Waals surface area (Å²) in [5.74, 6) is 0. The number of carbonyl (C=O) groups is 1. The van der Waals surface area contributed by atoms with Crippen LogP contribution in [0.5, 0.6) is 0 Å². The summed E-state index contributed by atoms with van der Waals surface area (Å²) >= 11 is 0. The first-order chi connectivity index (χ1) is 12.3. The Morgan fingerprint density at radius 3 is 2.73 bits per heavy atom. The summed E-state index contributed by atoms with van der Waals surface area (Å²) < 4.78 is 45.5. The third-order valence-electron chi connectivity index (χ3n) is 5.07. The maximum Gasteiger partial charge on any atom is 0.418 e. The number of anilines is 1. The number of nitrogens with zero attached hydrogens (tertiary/aromatic N) is 3. The number of fused-ring (bicyclic) bond motifs is 1. The molecule has 0 N–H and O–H groups in total. The number of benzene rings is 1. The number of para-hydroxylation sites is 1. The fourth-order valence-corrected chi connectivity index (χ4v) is 3.97. The molecule has 0 radical (unpaired) electrons. The number of pyridine rings is 1. The predicted octanol–water partition coefficient (Wildman–Crippen LogP) is 3.67. The zero-order valence-electron chi connectivity index (χ0n) is 14.2. The number of piperidine rings is 1. The molecule has 2 fully saturated rings. The van der Waals surface area contributed by atoms with Crippen LogP contribution in [0, 0.1) is 0 Å². The van der Waals surface area contributed by atoms with Crippen molar-refractivity contribution in [2.75, 3.05) is 31.6 Å². The first-order valence-electron chi connectivity index (χ1n) is 8.43. The fourth-order valence-electron chi connectivity index (χ4n) is 3.97. The SMILES string of the molecule is CN1C[C@@]2(CCCN(c3ccnc4c(C(F)(F)F)cccc34)C2)OC1=O. The third-order valence-corrected chi connectivity index (χ3v) is 5.07. The highest BCUT2D eigenvalue weighted by molar-refractivity contribution is 5.93. The molecule has 1 spiro atoms.